The van der Waals surface area contributed by atoms with E-state index in [9.17, 15) is 9.18 Å². The second-order valence-electron chi connectivity index (χ2n) is 3.10. The van der Waals surface area contributed by atoms with Gasteiger partial charge in [0, 0.05) is 12.7 Å². The summed E-state index contributed by atoms with van der Waals surface area (Å²) in [4.78, 5) is 12.2. The third kappa shape index (κ3) is 2.22. The topological polar surface area (TPSA) is 40.5 Å². The molecule has 0 saturated carbocycles. The van der Waals surface area contributed by atoms with Gasteiger partial charge in [-0.05, 0) is 31.2 Å². The molecule has 4 heteroatoms. The van der Waals surface area contributed by atoms with Crippen molar-refractivity contribution >= 4 is 11.7 Å². The van der Waals surface area contributed by atoms with Crippen LogP contribution < -0.4 is 4.90 Å². The Morgan fingerprint density at radius 1 is 1.43 bits per heavy atom. The highest BCUT2D eigenvalue weighted by Gasteiger charge is 2.16. The normalized spacial score (nSPS) is 12.2. The van der Waals surface area contributed by atoms with Crippen molar-refractivity contribution in [2.24, 2.45) is 0 Å². The van der Waals surface area contributed by atoms with Crippen LogP contribution in [0, 0.1) is 5.82 Å². The molecule has 1 atom stereocenters. The van der Waals surface area contributed by atoms with Crippen LogP contribution in [0.25, 0.3) is 0 Å². The van der Waals surface area contributed by atoms with Gasteiger partial charge in [0.1, 0.15) is 11.9 Å². The van der Waals surface area contributed by atoms with E-state index in [4.69, 9.17) is 5.11 Å². The minimum absolute atomic E-state index is 0.329. The first-order valence-corrected chi connectivity index (χ1v) is 4.23. The summed E-state index contributed by atoms with van der Waals surface area (Å²) in [6.45, 7) is 1.58. The zero-order chi connectivity index (χ0) is 10.7. The number of anilines is 1. The van der Waals surface area contributed by atoms with Gasteiger partial charge in [-0.3, -0.25) is 0 Å². The molecule has 76 valence electrons. The number of rotatable bonds is 3. The van der Waals surface area contributed by atoms with E-state index in [2.05, 4.69) is 0 Å². The number of carboxylic acids is 1. The van der Waals surface area contributed by atoms with Crippen molar-refractivity contribution in [2.75, 3.05) is 11.9 Å². The molecule has 0 spiro atoms. The maximum Gasteiger partial charge on any atom is 0.326 e. The van der Waals surface area contributed by atoms with Gasteiger partial charge in [0.25, 0.3) is 0 Å². The summed E-state index contributed by atoms with van der Waals surface area (Å²) in [5.41, 5.74) is 0.682. The fourth-order valence-electron chi connectivity index (χ4n) is 1.07. The predicted octanol–water partition coefficient (Wildman–Crippen LogP) is 1.74. The SMILES string of the molecule is CC(C(=O)O)N(C)c1ccc(F)cc1. The van der Waals surface area contributed by atoms with Crippen LogP contribution in [0.15, 0.2) is 24.3 Å². The highest BCUT2D eigenvalue weighted by Crippen LogP contribution is 2.15. The number of aliphatic carboxylic acids is 1. The third-order valence-corrected chi connectivity index (χ3v) is 2.17. The lowest BCUT2D eigenvalue weighted by atomic mass is 10.2. The Morgan fingerprint density at radius 3 is 2.36 bits per heavy atom. The molecule has 0 fully saturated rings. The smallest absolute Gasteiger partial charge is 0.326 e. The van der Waals surface area contributed by atoms with Crippen LogP contribution in [-0.2, 0) is 4.79 Å². The summed E-state index contributed by atoms with van der Waals surface area (Å²) in [6.07, 6.45) is 0. The fraction of sp³-hybridized carbons (Fsp3) is 0.300. The van der Waals surface area contributed by atoms with E-state index in [0.717, 1.165) is 0 Å². The Kier molecular flexibility index (Phi) is 3.06. The number of hydrogen-bond acceptors (Lipinski definition) is 2. The number of carboxylic acid groups (broad SMARTS) is 1. The first-order valence-electron chi connectivity index (χ1n) is 4.23. The summed E-state index contributed by atoms with van der Waals surface area (Å²) < 4.78 is 12.6. The lowest BCUT2D eigenvalue weighted by molar-refractivity contribution is -0.138. The Hall–Kier alpha value is -1.58. The van der Waals surface area contributed by atoms with Gasteiger partial charge in [0.05, 0.1) is 0 Å². The standard InChI is InChI=1S/C10H12FNO2/c1-7(10(13)14)12(2)9-5-3-8(11)4-6-9/h3-7H,1-2H3,(H,13,14). The molecule has 3 nitrogen and oxygen atoms in total. The van der Waals surface area contributed by atoms with Crippen molar-refractivity contribution < 1.29 is 14.3 Å². The molecular formula is C10H12FNO2. The van der Waals surface area contributed by atoms with Crippen LogP contribution in [0.3, 0.4) is 0 Å². The monoisotopic (exact) mass is 197 g/mol. The summed E-state index contributed by atoms with van der Waals surface area (Å²) in [7, 11) is 1.66. The van der Waals surface area contributed by atoms with E-state index >= 15 is 0 Å². The van der Waals surface area contributed by atoms with Gasteiger partial charge in [0.2, 0.25) is 0 Å². The van der Waals surface area contributed by atoms with Crippen LogP contribution in [0.4, 0.5) is 10.1 Å². The molecule has 0 amide bonds. The van der Waals surface area contributed by atoms with E-state index in [1.807, 2.05) is 0 Å². The molecule has 0 aliphatic rings. The van der Waals surface area contributed by atoms with Crippen LogP contribution in [0.1, 0.15) is 6.92 Å². The van der Waals surface area contributed by atoms with Crippen LogP contribution >= 0.6 is 0 Å². The molecule has 0 aliphatic carbocycles. The number of hydrogen-bond donors (Lipinski definition) is 1. The van der Waals surface area contributed by atoms with Gasteiger partial charge in [-0.15, -0.1) is 0 Å². The molecule has 1 aromatic carbocycles. The summed E-state index contributed by atoms with van der Waals surface area (Å²) in [5.74, 6) is -1.23. The van der Waals surface area contributed by atoms with Crippen molar-refractivity contribution in [1.29, 1.82) is 0 Å². The molecule has 0 aliphatic heterocycles. The van der Waals surface area contributed by atoms with Crippen LogP contribution in [-0.4, -0.2) is 24.2 Å². The van der Waals surface area contributed by atoms with Gasteiger partial charge >= 0.3 is 5.97 Å². The third-order valence-electron chi connectivity index (χ3n) is 2.17. The zero-order valence-corrected chi connectivity index (χ0v) is 8.07. The number of benzene rings is 1. The number of halogens is 1. The van der Waals surface area contributed by atoms with Crippen molar-refractivity contribution in [3.63, 3.8) is 0 Å². The molecule has 1 N–H and O–H groups in total. The van der Waals surface area contributed by atoms with E-state index in [1.54, 1.807) is 31.0 Å². The summed E-state index contributed by atoms with van der Waals surface area (Å²) in [5, 5.41) is 8.75. The van der Waals surface area contributed by atoms with E-state index in [0.29, 0.717) is 5.69 Å². The lowest BCUT2D eigenvalue weighted by Crippen LogP contribution is -2.35. The predicted molar refractivity (Wildman–Crippen MR) is 51.9 cm³/mol. The van der Waals surface area contributed by atoms with Gasteiger partial charge < -0.3 is 10.0 Å². The molecule has 0 bridgehead atoms. The molecular weight excluding hydrogens is 185 g/mol. The van der Waals surface area contributed by atoms with Crippen molar-refractivity contribution in [2.45, 2.75) is 13.0 Å². The zero-order valence-electron chi connectivity index (χ0n) is 8.07. The van der Waals surface area contributed by atoms with Crippen molar-refractivity contribution in [3.8, 4) is 0 Å². The van der Waals surface area contributed by atoms with Crippen LogP contribution in [0.2, 0.25) is 0 Å². The van der Waals surface area contributed by atoms with Gasteiger partial charge in [-0.1, -0.05) is 0 Å². The fourth-order valence-corrected chi connectivity index (χ4v) is 1.07. The van der Waals surface area contributed by atoms with Crippen molar-refractivity contribution in [3.05, 3.63) is 30.1 Å². The second-order valence-corrected chi connectivity index (χ2v) is 3.10. The molecule has 0 aromatic heterocycles. The first kappa shape index (κ1) is 10.5. The van der Waals surface area contributed by atoms with Gasteiger partial charge in [-0.25, -0.2) is 9.18 Å². The van der Waals surface area contributed by atoms with E-state index in [-0.39, 0.29) is 5.82 Å². The molecule has 14 heavy (non-hydrogen) atoms. The minimum atomic E-state index is -0.906. The minimum Gasteiger partial charge on any atom is -0.480 e. The van der Waals surface area contributed by atoms with Crippen molar-refractivity contribution in [1.82, 2.24) is 0 Å². The Labute approximate surface area is 81.8 Å². The van der Waals surface area contributed by atoms with Crippen LogP contribution in [0.5, 0.6) is 0 Å². The maximum atomic E-state index is 12.6. The molecule has 0 heterocycles. The number of nitrogens with zero attached hydrogens (tertiary/aromatic N) is 1. The average Bonchev–Trinajstić information content (AvgIpc) is 2.16. The largest absolute Gasteiger partial charge is 0.480 e. The molecule has 1 aromatic rings. The number of likely N-dealkylation sites (N-methyl/N-ethyl adjacent to an activating group) is 1. The first-order chi connectivity index (χ1) is 6.52. The molecule has 0 radical (unpaired) electrons. The van der Waals surface area contributed by atoms with E-state index in [1.165, 1.54) is 12.1 Å². The Morgan fingerprint density at radius 2 is 1.93 bits per heavy atom. The quantitative estimate of drug-likeness (QED) is 0.802. The number of carbonyl (C=O) groups is 1. The molecule has 1 unspecified atom stereocenters. The lowest BCUT2D eigenvalue weighted by Gasteiger charge is -2.23. The second kappa shape index (κ2) is 4.09. The highest BCUT2D eigenvalue weighted by atomic mass is 19.1. The van der Waals surface area contributed by atoms with Gasteiger partial charge in [-0.2, -0.15) is 0 Å². The summed E-state index contributed by atoms with van der Waals surface area (Å²) in [6, 6.07) is 5.09. The highest BCUT2D eigenvalue weighted by molar-refractivity contribution is 5.77. The van der Waals surface area contributed by atoms with Gasteiger partial charge in [0.15, 0.2) is 0 Å². The van der Waals surface area contributed by atoms with E-state index < -0.39 is 12.0 Å². The molecule has 0 saturated heterocycles. The molecule has 1 rings (SSSR count). The summed E-state index contributed by atoms with van der Waals surface area (Å²) >= 11 is 0. The average molecular weight is 197 g/mol. The Bertz CT molecular complexity index is 323. The maximum absolute atomic E-state index is 12.6. The Balaban J connectivity index is 2.84.